The smallest absolute Gasteiger partial charge is 0.340 e. The minimum Gasteiger partial charge on any atom is -0.497 e. The van der Waals surface area contributed by atoms with E-state index in [1.165, 1.54) is 0 Å². The van der Waals surface area contributed by atoms with E-state index in [-0.39, 0.29) is 11.7 Å². The van der Waals surface area contributed by atoms with Crippen LogP contribution in [0.3, 0.4) is 0 Å². The molecular formula is C18H14N6O3. The van der Waals surface area contributed by atoms with E-state index in [1.54, 1.807) is 55.9 Å². The Labute approximate surface area is 153 Å². The molecule has 0 aliphatic rings. The van der Waals surface area contributed by atoms with E-state index in [2.05, 4.69) is 31.0 Å². The molecule has 0 spiro atoms. The molecule has 1 amide bonds. The molecule has 4 rings (SSSR count). The summed E-state index contributed by atoms with van der Waals surface area (Å²) in [7, 11) is 1.60. The second-order valence-electron chi connectivity index (χ2n) is 5.49. The van der Waals surface area contributed by atoms with Crippen molar-refractivity contribution in [1.82, 2.24) is 25.5 Å². The molecule has 9 nitrogen and oxygen atoms in total. The average molecular weight is 362 g/mol. The van der Waals surface area contributed by atoms with Gasteiger partial charge in [0.1, 0.15) is 11.4 Å². The molecule has 0 saturated heterocycles. The van der Waals surface area contributed by atoms with Crippen LogP contribution in [0, 0.1) is 0 Å². The van der Waals surface area contributed by atoms with Crippen LogP contribution in [-0.4, -0.2) is 33.1 Å². The Morgan fingerprint density at radius 2 is 1.93 bits per heavy atom. The average Bonchev–Trinajstić information content (AvgIpc) is 3.21. The molecule has 27 heavy (non-hydrogen) atoms. The number of methoxy groups -OCH3 is 1. The molecule has 2 N–H and O–H groups in total. The lowest BCUT2D eigenvalue weighted by Gasteiger charge is -2.06. The number of nitrogens with zero attached hydrogens (tertiary/aromatic N) is 4. The number of benzene rings is 1. The highest BCUT2D eigenvalue weighted by Crippen LogP contribution is 2.19. The fourth-order valence-electron chi connectivity index (χ4n) is 2.42. The zero-order valence-corrected chi connectivity index (χ0v) is 14.2. The van der Waals surface area contributed by atoms with Gasteiger partial charge in [0.2, 0.25) is 5.82 Å². The molecule has 3 aromatic heterocycles. The molecule has 4 aromatic rings. The highest BCUT2D eigenvalue weighted by molar-refractivity contribution is 5.95. The normalized spacial score (nSPS) is 10.6. The van der Waals surface area contributed by atoms with Crippen LogP contribution in [0.15, 0.2) is 59.4 Å². The molecule has 0 aliphatic heterocycles. The van der Waals surface area contributed by atoms with Crippen LogP contribution >= 0.6 is 0 Å². The third kappa shape index (κ3) is 3.52. The van der Waals surface area contributed by atoms with Gasteiger partial charge in [0.25, 0.3) is 5.91 Å². The Kier molecular flexibility index (Phi) is 4.32. The summed E-state index contributed by atoms with van der Waals surface area (Å²) in [6.07, 6.45) is 3.25. The van der Waals surface area contributed by atoms with Crippen LogP contribution in [0.2, 0.25) is 0 Å². The third-order valence-corrected chi connectivity index (χ3v) is 3.78. The van der Waals surface area contributed by atoms with Crippen LogP contribution in [0.4, 0.5) is 6.01 Å². The van der Waals surface area contributed by atoms with Crippen molar-refractivity contribution >= 4 is 22.8 Å². The Morgan fingerprint density at radius 1 is 1.07 bits per heavy atom. The number of hydrazine groups is 1. The molecule has 0 saturated carbocycles. The Balaban J connectivity index is 1.45. The summed E-state index contributed by atoms with van der Waals surface area (Å²) >= 11 is 0. The number of amides is 1. The van der Waals surface area contributed by atoms with Gasteiger partial charge in [-0.15, -0.1) is 0 Å². The molecule has 0 bridgehead atoms. The van der Waals surface area contributed by atoms with Crippen molar-refractivity contribution in [3.05, 3.63) is 60.6 Å². The van der Waals surface area contributed by atoms with Crippen LogP contribution < -0.4 is 15.6 Å². The minimum absolute atomic E-state index is 0.0562. The van der Waals surface area contributed by atoms with Gasteiger partial charge in [-0.25, -0.2) is 10.4 Å². The molecule has 0 unspecified atom stereocenters. The van der Waals surface area contributed by atoms with Gasteiger partial charge in [-0.3, -0.25) is 15.2 Å². The quantitative estimate of drug-likeness (QED) is 0.520. The summed E-state index contributed by atoms with van der Waals surface area (Å²) in [4.78, 5) is 24.7. The van der Waals surface area contributed by atoms with Gasteiger partial charge in [-0.1, -0.05) is 11.2 Å². The molecule has 9 heteroatoms. The molecule has 3 heterocycles. The van der Waals surface area contributed by atoms with E-state index in [0.29, 0.717) is 11.3 Å². The maximum Gasteiger partial charge on any atom is 0.340 e. The zero-order chi connectivity index (χ0) is 18.6. The maximum atomic E-state index is 12.3. The van der Waals surface area contributed by atoms with Crippen molar-refractivity contribution in [2.45, 2.75) is 0 Å². The predicted molar refractivity (Wildman–Crippen MR) is 96.9 cm³/mol. The van der Waals surface area contributed by atoms with Crippen molar-refractivity contribution in [1.29, 1.82) is 0 Å². The van der Waals surface area contributed by atoms with E-state index in [0.717, 1.165) is 16.7 Å². The first-order valence-corrected chi connectivity index (χ1v) is 7.98. The summed E-state index contributed by atoms with van der Waals surface area (Å²) in [5, 5.41) is 4.71. The van der Waals surface area contributed by atoms with Crippen molar-refractivity contribution in [2.75, 3.05) is 12.5 Å². The van der Waals surface area contributed by atoms with E-state index in [1.807, 2.05) is 6.07 Å². The molecule has 0 radical (unpaired) electrons. The molecule has 0 aliphatic carbocycles. The van der Waals surface area contributed by atoms with E-state index in [9.17, 15) is 4.79 Å². The Hall–Kier alpha value is -4.01. The Morgan fingerprint density at radius 3 is 2.74 bits per heavy atom. The van der Waals surface area contributed by atoms with Gasteiger partial charge < -0.3 is 9.26 Å². The first-order chi connectivity index (χ1) is 13.2. The zero-order valence-electron chi connectivity index (χ0n) is 14.2. The van der Waals surface area contributed by atoms with Crippen LogP contribution in [-0.2, 0) is 0 Å². The number of pyridine rings is 2. The van der Waals surface area contributed by atoms with Crippen molar-refractivity contribution in [2.24, 2.45) is 0 Å². The van der Waals surface area contributed by atoms with Crippen LogP contribution in [0.25, 0.3) is 22.3 Å². The third-order valence-electron chi connectivity index (χ3n) is 3.78. The summed E-state index contributed by atoms with van der Waals surface area (Å²) in [6, 6.07) is 12.4. The second kappa shape index (κ2) is 7.08. The number of hydrogen-bond donors (Lipinski definition) is 2. The number of anilines is 1. The number of fused-ring (bicyclic) bond motifs is 1. The van der Waals surface area contributed by atoms with Crippen molar-refractivity contribution in [3.63, 3.8) is 0 Å². The summed E-state index contributed by atoms with van der Waals surface area (Å²) in [5.41, 5.74) is 6.74. The molecular weight excluding hydrogens is 348 g/mol. The number of nitrogens with one attached hydrogen (secondary N) is 2. The fraction of sp³-hybridized carbons (Fsp3) is 0.0556. The number of rotatable bonds is 5. The van der Waals surface area contributed by atoms with E-state index < -0.39 is 5.91 Å². The largest absolute Gasteiger partial charge is 0.497 e. The number of carbonyl (C=O) groups is 1. The first kappa shape index (κ1) is 16.5. The van der Waals surface area contributed by atoms with Crippen molar-refractivity contribution < 1.29 is 14.1 Å². The molecule has 1 aromatic carbocycles. The lowest BCUT2D eigenvalue weighted by atomic mass is 10.2. The Bertz CT molecular complexity index is 1100. The predicted octanol–water partition coefficient (Wildman–Crippen LogP) is 2.45. The summed E-state index contributed by atoms with van der Waals surface area (Å²) in [6.45, 7) is 0. The van der Waals surface area contributed by atoms with Gasteiger partial charge in [0.05, 0.1) is 12.6 Å². The number of ether oxygens (including phenoxy) is 1. The second-order valence-corrected chi connectivity index (χ2v) is 5.49. The maximum absolute atomic E-state index is 12.3. The number of aromatic nitrogens is 4. The van der Waals surface area contributed by atoms with E-state index >= 15 is 0 Å². The standard InChI is InChI=1S/C18H14N6O3/c1-26-13-3-5-14-12(10-13)2-4-15(20-14)17(25)22-23-18-21-16(24-27-18)11-6-8-19-9-7-11/h2-10H,1H3,(H,22,25)(H,21,23,24). The van der Waals surface area contributed by atoms with Gasteiger partial charge in [-0.05, 0) is 36.4 Å². The number of carbonyl (C=O) groups excluding carboxylic acids is 1. The molecule has 0 atom stereocenters. The lowest BCUT2D eigenvalue weighted by molar-refractivity contribution is 0.0956. The molecule has 0 fully saturated rings. The first-order valence-electron chi connectivity index (χ1n) is 7.98. The van der Waals surface area contributed by atoms with E-state index in [4.69, 9.17) is 9.26 Å². The highest BCUT2D eigenvalue weighted by atomic mass is 16.5. The molecule has 134 valence electrons. The number of hydrogen-bond acceptors (Lipinski definition) is 8. The SMILES string of the molecule is COc1ccc2nc(C(=O)NNc3nc(-c4ccncc4)no3)ccc2c1. The summed E-state index contributed by atoms with van der Waals surface area (Å²) in [5.74, 6) is 0.674. The fourth-order valence-corrected chi connectivity index (χ4v) is 2.42. The van der Waals surface area contributed by atoms with Gasteiger partial charge in [0, 0.05) is 23.3 Å². The summed E-state index contributed by atoms with van der Waals surface area (Å²) < 4.78 is 10.2. The van der Waals surface area contributed by atoms with Crippen LogP contribution in [0.1, 0.15) is 10.5 Å². The highest BCUT2D eigenvalue weighted by Gasteiger charge is 2.12. The topological polar surface area (TPSA) is 115 Å². The minimum atomic E-state index is -0.434. The van der Waals surface area contributed by atoms with Crippen molar-refractivity contribution in [3.8, 4) is 17.1 Å². The van der Waals surface area contributed by atoms with Gasteiger partial charge >= 0.3 is 6.01 Å². The lowest BCUT2D eigenvalue weighted by Crippen LogP contribution is -2.30. The monoisotopic (exact) mass is 362 g/mol. The van der Waals surface area contributed by atoms with Gasteiger partial charge in [0.15, 0.2) is 0 Å². The van der Waals surface area contributed by atoms with Crippen LogP contribution in [0.5, 0.6) is 5.75 Å². The van der Waals surface area contributed by atoms with Gasteiger partial charge in [-0.2, -0.15) is 4.98 Å².